The topological polar surface area (TPSA) is 99.0 Å². The summed E-state index contributed by atoms with van der Waals surface area (Å²) in [5.74, 6) is 5.88. The summed E-state index contributed by atoms with van der Waals surface area (Å²) in [4.78, 5) is 10.4. The van der Waals surface area contributed by atoms with E-state index in [1.54, 1.807) is 10.7 Å². The second-order valence-electron chi connectivity index (χ2n) is 4.60. The second-order valence-corrected chi connectivity index (χ2v) is 4.60. The number of non-ortho nitro benzene ring substituents is 1. The lowest BCUT2D eigenvalue weighted by molar-refractivity contribution is -0.384. The van der Waals surface area contributed by atoms with Gasteiger partial charge in [0, 0.05) is 24.2 Å². The third kappa shape index (κ3) is 2.27. The number of benzene rings is 1. The van der Waals surface area contributed by atoms with Crippen LogP contribution in [0, 0.1) is 10.1 Å². The Hall–Kier alpha value is -2.41. The Morgan fingerprint density at radius 2 is 2.21 bits per heavy atom. The van der Waals surface area contributed by atoms with E-state index in [1.807, 2.05) is 12.3 Å². The van der Waals surface area contributed by atoms with E-state index in [1.165, 1.54) is 25.0 Å². The molecule has 1 aliphatic carbocycles. The van der Waals surface area contributed by atoms with Gasteiger partial charge in [0.15, 0.2) is 0 Å². The van der Waals surface area contributed by atoms with Gasteiger partial charge >= 0.3 is 0 Å². The Morgan fingerprint density at radius 1 is 1.42 bits per heavy atom. The number of nitro groups is 1. The van der Waals surface area contributed by atoms with Crippen LogP contribution in [0.2, 0.25) is 0 Å². The molecule has 1 aromatic heterocycles. The summed E-state index contributed by atoms with van der Waals surface area (Å²) >= 11 is 0. The highest BCUT2D eigenvalue weighted by Crippen LogP contribution is 2.39. The number of nitrogen functional groups attached to an aromatic ring is 1. The molecule has 0 atom stereocenters. The predicted molar refractivity (Wildman–Crippen MR) is 70.0 cm³/mol. The number of nitro benzene ring substituents is 1. The molecule has 1 aliphatic rings. The molecule has 0 spiro atoms. The molecule has 1 saturated carbocycles. The minimum absolute atomic E-state index is 0.0195. The van der Waals surface area contributed by atoms with Crippen LogP contribution >= 0.6 is 0 Å². The Bertz CT molecular complexity index is 633. The lowest BCUT2D eigenvalue weighted by Gasteiger charge is -2.05. The van der Waals surface area contributed by atoms with Crippen LogP contribution in [0.15, 0.2) is 30.5 Å². The molecule has 7 heteroatoms. The molecule has 3 N–H and O–H groups in total. The van der Waals surface area contributed by atoms with E-state index in [0.717, 1.165) is 5.69 Å². The van der Waals surface area contributed by atoms with Gasteiger partial charge in [-0.15, -0.1) is 0 Å². The highest BCUT2D eigenvalue weighted by molar-refractivity contribution is 5.58. The molecule has 0 bridgehead atoms. The van der Waals surface area contributed by atoms with E-state index in [-0.39, 0.29) is 5.69 Å². The van der Waals surface area contributed by atoms with Gasteiger partial charge in [-0.05, 0) is 25.0 Å². The normalized spacial score (nSPS) is 14.4. The number of rotatable bonds is 4. The van der Waals surface area contributed by atoms with Crippen molar-refractivity contribution in [3.8, 4) is 5.69 Å². The van der Waals surface area contributed by atoms with Gasteiger partial charge < -0.3 is 5.43 Å². The van der Waals surface area contributed by atoms with Crippen molar-refractivity contribution in [2.75, 3.05) is 5.43 Å². The van der Waals surface area contributed by atoms with Crippen molar-refractivity contribution in [3.63, 3.8) is 0 Å². The fraction of sp³-hybridized carbons (Fsp3) is 0.250. The third-order valence-electron chi connectivity index (χ3n) is 3.15. The maximum atomic E-state index is 10.9. The van der Waals surface area contributed by atoms with Crippen LogP contribution < -0.4 is 11.3 Å². The molecule has 0 unspecified atom stereocenters. The molecule has 0 aliphatic heterocycles. The monoisotopic (exact) mass is 259 g/mol. The Kier molecular flexibility index (Phi) is 2.68. The number of hydrazine groups is 1. The SMILES string of the molecule is NNc1cc(-n2ccc(C3CC3)n2)cc([N+](=O)[O-])c1. The summed E-state index contributed by atoms with van der Waals surface area (Å²) in [6, 6.07) is 6.53. The molecule has 7 nitrogen and oxygen atoms in total. The summed E-state index contributed by atoms with van der Waals surface area (Å²) in [5, 5.41) is 15.3. The van der Waals surface area contributed by atoms with E-state index in [9.17, 15) is 10.1 Å². The zero-order valence-corrected chi connectivity index (χ0v) is 10.1. The Labute approximate surface area is 109 Å². The van der Waals surface area contributed by atoms with Gasteiger partial charge in [0.1, 0.15) is 0 Å². The van der Waals surface area contributed by atoms with Crippen molar-refractivity contribution < 1.29 is 4.92 Å². The number of hydrogen-bond donors (Lipinski definition) is 2. The molecule has 2 aromatic rings. The van der Waals surface area contributed by atoms with Crippen molar-refractivity contribution in [2.24, 2.45) is 5.84 Å². The number of hydrogen-bond acceptors (Lipinski definition) is 5. The first-order valence-corrected chi connectivity index (χ1v) is 5.99. The van der Waals surface area contributed by atoms with E-state index < -0.39 is 4.92 Å². The minimum Gasteiger partial charge on any atom is -0.324 e. The zero-order chi connectivity index (χ0) is 13.4. The maximum Gasteiger partial charge on any atom is 0.273 e. The maximum absolute atomic E-state index is 10.9. The molecule has 3 rings (SSSR count). The average Bonchev–Trinajstić information content (AvgIpc) is 3.15. The standard InChI is InChI=1S/C12H13N5O2/c13-14-9-5-10(7-11(6-9)17(18)19)16-4-3-12(15-16)8-1-2-8/h3-8,14H,1-2,13H2. The highest BCUT2D eigenvalue weighted by Gasteiger charge is 2.26. The van der Waals surface area contributed by atoms with Crippen molar-refractivity contribution in [3.05, 3.63) is 46.3 Å². The Balaban J connectivity index is 2.01. The molecule has 0 amide bonds. The van der Waals surface area contributed by atoms with Gasteiger partial charge in [0.25, 0.3) is 5.69 Å². The molecular formula is C12H13N5O2. The molecule has 1 heterocycles. The van der Waals surface area contributed by atoms with Crippen molar-refractivity contribution in [1.29, 1.82) is 0 Å². The van der Waals surface area contributed by atoms with Crippen molar-refractivity contribution >= 4 is 11.4 Å². The van der Waals surface area contributed by atoms with Gasteiger partial charge in [-0.2, -0.15) is 5.10 Å². The van der Waals surface area contributed by atoms with Crippen molar-refractivity contribution in [1.82, 2.24) is 9.78 Å². The number of anilines is 1. The molecule has 0 radical (unpaired) electrons. The first-order chi connectivity index (χ1) is 9.17. The predicted octanol–water partition coefficient (Wildman–Crippen LogP) is 1.94. The second kappa shape index (κ2) is 4.36. The van der Waals surface area contributed by atoms with Crippen LogP contribution in [-0.2, 0) is 0 Å². The number of nitrogens with one attached hydrogen (secondary N) is 1. The molecule has 1 aromatic carbocycles. The molecule has 0 saturated heterocycles. The van der Waals surface area contributed by atoms with Crippen LogP contribution in [0.25, 0.3) is 5.69 Å². The van der Waals surface area contributed by atoms with Crippen LogP contribution in [0.1, 0.15) is 24.5 Å². The van der Waals surface area contributed by atoms with Gasteiger partial charge in [0.05, 0.1) is 22.0 Å². The van der Waals surface area contributed by atoms with E-state index in [2.05, 4.69) is 10.5 Å². The van der Waals surface area contributed by atoms with Crippen LogP contribution in [0.4, 0.5) is 11.4 Å². The van der Waals surface area contributed by atoms with E-state index in [4.69, 9.17) is 5.84 Å². The average molecular weight is 259 g/mol. The minimum atomic E-state index is -0.449. The Morgan fingerprint density at radius 3 is 2.84 bits per heavy atom. The van der Waals surface area contributed by atoms with Gasteiger partial charge in [0.2, 0.25) is 0 Å². The van der Waals surface area contributed by atoms with Gasteiger partial charge in [-0.25, -0.2) is 4.68 Å². The van der Waals surface area contributed by atoms with Crippen molar-refractivity contribution in [2.45, 2.75) is 18.8 Å². The third-order valence-corrected chi connectivity index (χ3v) is 3.15. The highest BCUT2D eigenvalue weighted by atomic mass is 16.6. The quantitative estimate of drug-likeness (QED) is 0.496. The summed E-state index contributed by atoms with van der Waals surface area (Å²) in [7, 11) is 0. The first kappa shape index (κ1) is 11.7. The summed E-state index contributed by atoms with van der Waals surface area (Å²) < 4.78 is 1.64. The smallest absolute Gasteiger partial charge is 0.273 e. The molecule has 19 heavy (non-hydrogen) atoms. The first-order valence-electron chi connectivity index (χ1n) is 5.99. The fourth-order valence-electron chi connectivity index (χ4n) is 1.99. The van der Waals surface area contributed by atoms with Crippen LogP contribution in [0.3, 0.4) is 0 Å². The summed E-state index contributed by atoms with van der Waals surface area (Å²) in [6.45, 7) is 0. The molecular weight excluding hydrogens is 246 g/mol. The van der Waals surface area contributed by atoms with Gasteiger partial charge in [-0.1, -0.05) is 0 Å². The largest absolute Gasteiger partial charge is 0.324 e. The fourth-order valence-corrected chi connectivity index (χ4v) is 1.99. The molecule has 98 valence electrons. The van der Waals surface area contributed by atoms with Crippen LogP contribution in [0.5, 0.6) is 0 Å². The number of nitrogens with zero attached hydrogens (tertiary/aromatic N) is 3. The summed E-state index contributed by atoms with van der Waals surface area (Å²) in [5.41, 5.74) is 4.54. The van der Waals surface area contributed by atoms with E-state index in [0.29, 0.717) is 17.3 Å². The van der Waals surface area contributed by atoms with Gasteiger partial charge in [-0.3, -0.25) is 16.0 Å². The summed E-state index contributed by atoms with van der Waals surface area (Å²) in [6.07, 6.45) is 4.15. The molecule has 1 fully saturated rings. The lowest BCUT2D eigenvalue weighted by atomic mass is 10.2. The van der Waals surface area contributed by atoms with E-state index >= 15 is 0 Å². The number of nitrogens with two attached hydrogens (primary N) is 1. The zero-order valence-electron chi connectivity index (χ0n) is 10.1. The number of aromatic nitrogens is 2. The lowest BCUT2D eigenvalue weighted by Crippen LogP contribution is -2.08. The van der Waals surface area contributed by atoms with Crippen LogP contribution in [-0.4, -0.2) is 14.7 Å².